The molecule has 2 aromatic rings. The van der Waals surface area contributed by atoms with Crippen molar-refractivity contribution < 1.29 is 17.9 Å². The normalized spacial score (nSPS) is 11.7. The van der Waals surface area contributed by atoms with Crippen LogP contribution < -0.4 is 0 Å². The number of esters is 1. The number of H-pyrrole nitrogens is 1. The summed E-state index contributed by atoms with van der Waals surface area (Å²) in [5.41, 5.74) is 0.686. The highest BCUT2D eigenvalue weighted by Crippen LogP contribution is 2.24. The Labute approximate surface area is 105 Å². The lowest BCUT2D eigenvalue weighted by Gasteiger charge is -2.02. The molecule has 1 aromatic heterocycles. The molecule has 0 aliphatic heterocycles. The smallest absolute Gasteiger partial charge is 0.354 e. The van der Waals surface area contributed by atoms with Crippen molar-refractivity contribution in [1.82, 2.24) is 4.98 Å². The van der Waals surface area contributed by atoms with Crippen LogP contribution in [0.4, 0.5) is 0 Å². The third-order valence-electron chi connectivity index (χ3n) is 2.74. The van der Waals surface area contributed by atoms with E-state index in [-0.39, 0.29) is 16.3 Å². The summed E-state index contributed by atoms with van der Waals surface area (Å²) in [5.74, 6) is -0.510. The fourth-order valence-electron chi connectivity index (χ4n) is 1.76. The van der Waals surface area contributed by atoms with Crippen LogP contribution in [0.3, 0.4) is 0 Å². The van der Waals surface area contributed by atoms with Crippen molar-refractivity contribution >= 4 is 26.7 Å². The summed E-state index contributed by atoms with van der Waals surface area (Å²) in [6.45, 7) is 1.58. The van der Waals surface area contributed by atoms with Crippen LogP contribution in [-0.2, 0) is 14.6 Å². The van der Waals surface area contributed by atoms with E-state index >= 15 is 0 Å². The molecule has 0 saturated heterocycles. The fourth-order valence-corrected chi connectivity index (χ4v) is 2.84. The molecule has 0 unspecified atom stereocenters. The second-order valence-electron chi connectivity index (χ2n) is 3.80. The molecule has 1 heterocycles. The molecule has 5 nitrogen and oxygen atoms in total. The molecule has 0 aliphatic rings. The Morgan fingerprint density at radius 1 is 1.39 bits per heavy atom. The van der Waals surface area contributed by atoms with Crippen molar-refractivity contribution in [3.05, 3.63) is 30.0 Å². The van der Waals surface area contributed by atoms with Crippen LogP contribution in [0.1, 0.15) is 17.4 Å². The van der Waals surface area contributed by atoms with E-state index in [0.29, 0.717) is 10.9 Å². The van der Waals surface area contributed by atoms with Crippen molar-refractivity contribution in [3.63, 3.8) is 0 Å². The molecule has 2 rings (SSSR count). The summed E-state index contributed by atoms with van der Waals surface area (Å²) < 4.78 is 28.5. The first kappa shape index (κ1) is 12.6. The van der Waals surface area contributed by atoms with Crippen molar-refractivity contribution in [2.45, 2.75) is 11.8 Å². The van der Waals surface area contributed by atoms with E-state index in [4.69, 9.17) is 0 Å². The van der Waals surface area contributed by atoms with Gasteiger partial charge in [-0.25, -0.2) is 13.2 Å². The number of carbonyl (C=O) groups is 1. The van der Waals surface area contributed by atoms with E-state index in [0.717, 1.165) is 0 Å². The number of hydrogen-bond acceptors (Lipinski definition) is 4. The summed E-state index contributed by atoms with van der Waals surface area (Å²) in [5, 5.41) is 0.671. The van der Waals surface area contributed by atoms with Gasteiger partial charge < -0.3 is 9.72 Å². The van der Waals surface area contributed by atoms with E-state index in [1.54, 1.807) is 25.1 Å². The first-order valence-corrected chi connectivity index (χ1v) is 7.07. The lowest BCUT2D eigenvalue weighted by atomic mass is 10.2. The Morgan fingerprint density at radius 3 is 2.72 bits per heavy atom. The van der Waals surface area contributed by atoms with E-state index in [9.17, 15) is 13.2 Å². The van der Waals surface area contributed by atoms with Gasteiger partial charge in [0.2, 0.25) is 0 Å². The number of rotatable bonds is 3. The Kier molecular flexibility index (Phi) is 3.13. The zero-order valence-corrected chi connectivity index (χ0v) is 10.9. The number of aromatic nitrogens is 1. The van der Waals surface area contributed by atoms with Gasteiger partial charge in [0.1, 0.15) is 5.69 Å². The van der Waals surface area contributed by atoms with Crippen molar-refractivity contribution in [3.8, 4) is 0 Å². The average molecular weight is 267 g/mol. The predicted octanol–water partition coefficient (Wildman–Crippen LogP) is 1.75. The van der Waals surface area contributed by atoms with Crippen LogP contribution in [0, 0.1) is 0 Å². The number of para-hydroxylation sites is 1. The quantitative estimate of drug-likeness (QED) is 0.859. The monoisotopic (exact) mass is 267 g/mol. The molecule has 0 radical (unpaired) electrons. The van der Waals surface area contributed by atoms with E-state index in [1.807, 2.05) is 0 Å². The lowest BCUT2D eigenvalue weighted by molar-refractivity contribution is 0.0595. The molecule has 0 amide bonds. The van der Waals surface area contributed by atoms with E-state index in [1.165, 1.54) is 13.2 Å². The summed E-state index contributed by atoms with van der Waals surface area (Å²) in [6.07, 6.45) is 0. The number of aromatic amines is 1. The maximum atomic E-state index is 11.9. The van der Waals surface area contributed by atoms with Crippen LogP contribution in [0.5, 0.6) is 0 Å². The highest BCUT2D eigenvalue weighted by atomic mass is 32.2. The zero-order valence-electron chi connectivity index (χ0n) is 10.1. The summed E-state index contributed by atoms with van der Waals surface area (Å²) in [7, 11) is -2.05. The molecule has 0 bridgehead atoms. The van der Waals surface area contributed by atoms with Gasteiger partial charge in [-0.2, -0.15) is 0 Å². The van der Waals surface area contributed by atoms with Gasteiger partial charge in [0, 0.05) is 5.39 Å². The van der Waals surface area contributed by atoms with Crippen molar-refractivity contribution in [2.24, 2.45) is 0 Å². The van der Waals surface area contributed by atoms with Crippen molar-refractivity contribution in [1.29, 1.82) is 0 Å². The van der Waals surface area contributed by atoms with Gasteiger partial charge in [-0.15, -0.1) is 0 Å². The number of fused-ring (bicyclic) bond motifs is 1. The molecule has 0 spiro atoms. The maximum Gasteiger partial charge on any atom is 0.354 e. The number of nitrogens with one attached hydrogen (secondary N) is 1. The molecule has 0 atom stereocenters. The molecule has 18 heavy (non-hydrogen) atoms. The van der Waals surface area contributed by atoms with Crippen molar-refractivity contribution in [2.75, 3.05) is 12.9 Å². The topological polar surface area (TPSA) is 76.2 Å². The molecular formula is C12H13NO4S. The summed E-state index contributed by atoms with van der Waals surface area (Å²) >= 11 is 0. The van der Waals surface area contributed by atoms with Gasteiger partial charge in [-0.3, -0.25) is 0 Å². The van der Waals surface area contributed by atoms with Crippen LogP contribution in [0.2, 0.25) is 0 Å². The van der Waals surface area contributed by atoms with Gasteiger partial charge in [0.25, 0.3) is 0 Å². The Balaban J connectivity index is 2.71. The van der Waals surface area contributed by atoms with Gasteiger partial charge in [-0.1, -0.05) is 19.1 Å². The lowest BCUT2D eigenvalue weighted by Crippen LogP contribution is -2.05. The third-order valence-corrected chi connectivity index (χ3v) is 4.51. The predicted molar refractivity (Wildman–Crippen MR) is 67.4 cm³/mol. The number of hydrogen-bond donors (Lipinski definition) is 1. The zero-order chi connectivity index (χ0) is 13.3. The standard InChI is InChI=1S/C12H13NO4S/c1-3-18(15,16)10-6-4-5-8-7-9(12(14)17-2)13-11(8)10/h4-7,13H,3H2,1-2H3. The van der Waals surface area contributed by atoms with Gasteiger partial charge in [0.05, 0.1) is 23.3 Å². The number of sulfone groups is 1. The minimum Gasteiger partial charge on any atom is -0.464 e. The van der Waals surface area contributed by atoms with Crippen LogP contribution in [0.25, 0.3) is 10.9 Å². The Hall–Kier alpha value is -1.82. The van der Waals surface area contributed by atoms with Gasteiger partial charge in [-0.05, 0) is 12.1 Å². The third kappa shape index (κ3) is 1.99. The second-order valence-corrected chi connectivity index (χ2v) is 6.05. The van der Waals surface area contributed by atoms with Crippen LogP contribution in [0.15, 0.2) is 29.2 Å². The van der Waals surface area contributed by atoms with Gasteiger partial charge in [0.15, 0.2) is 9.84 Å². The van der Waals surface area contributed by atoms with E-state index < -0.39 is 15.8 Å². The summed E-state index contributed by atoms with van der Waals surface area (Å²) in [4.78, 5) is 14.4. The maximum absolute atomic E-state index is 11.9. The SMILES string of the molecule is CCS(=O)(=O)c1cccc2cc(C(=O)OC)[nH]c12. The Bertz CT molecular complexity index is 700. The average Bonchev–Trinajstić information content (AvgIpc) is 2.81. The molecule has 1 N–H and O–H groups in total. The second kappa shape index (κ2) is 4.45. The largest absolute Gasteiger partial charge is 0.464 e. The first-order chi connectivity index (χ1) is 8.49. The number of carbonyl (C=O) groups excluding carboxylic acids is 1. The number of ether oxygens (including phenoxy) is 1. The number of benzene rings is 1. The summed E-state index contributed by atoms with van der Waals surface area (Å²) in [6, 6.07) is 6.50. The number of methoxy groups -OCH3 is 1. The highest BCUT2D eigenvalue weighted by Gasteiger charge is 2.18. The minimum atomic E-state index is -3.33. The molecule has 1 aromatic carbocycles. The Morgan fingerprint density at radius 2 is 2.11 bits per heavy atom. The van der Waals surface area contributed by atoms with E-state index in [2.05, 4.69) is 9.72 Å². The molecule has 6 heteroatoms. The van der Waals surface area contributed by atoms with Gasteiger partial charge >= 0.3 is 5.97 Å². The molecule has 0 aliphatic carbocycles. The first-order valence-electron chi connectivity index (χ1n) is 5.42. The molecular weight excluding hydrogens is 254 g/mol. The van der Waals surface area contributed by atoms with Crippen LogP contribution >= 0.6 is 0 Å². The molecule has 0 fully saturated rings. The molecule has 96 valence electrons. The van der Waals surface area contributed by atoms with Crippen LogP contribution in [-0.4, -0.2) is 32.2 Å². The highest BCUT2D eigenvalue weighted by molar-refractivity contribution is 7.91. The fraction of sp³-hybridized carbons (Fsp3) is 0.250. The minimum absolute atomic E-state index is 0.0126. The molecule has 0 saturated carbocycles.